The Balaban J connectivity index is 2.52. The third kappa shape index (κ3) is 2.57. The molecule has 0 saturated heterocycles. The summed E-state index contributed by atoms with van der Waals surface area (Å²) in [4.78, 5) is 5.59. The van der Waals surface area contributed by atoms with Gasteiger partial charge in [0, 0.05) is 23.6 Å². The van der Waals surface area contributed by atoms with Gasteiger partial charge < -0.3 is 5.11 Å². The van der Waals surface area contributed by atoms with Gasteiger partial charge in [0.2, 0.25) is 0 Å². The Kier molecular flexibility index (Phi) is 3.69. The molecule has 0 spiro atoms. The maximum atomic E-state index is 8.63. The zero-order valence-corrected chi connectivity index (χ0v) is 8.40. The summed E-state index contributed by atoms with van der Waals surface area (Å²) in [7, 11) is 0. The van der Waals surface area contributed by atoms with Crippen LogP contribution in [0.5, 0.6) is 0 Å². The van der Waals surface area contributed by atoms with E-state index in [-0.39, 0.29) is 6.61 Å². The van der Waals surface area contributed by atoms with Crippen LogP contribution in [0.25, 0.3) is 0 Å². The smallest absolute Gasteiger partial charge is 0.0953 e. The van der Waals surface area contributed by atoms with E-state index in [1.54, 1.807) is 11.3 Å². The molecule has 0 unspecified atom stereocenters. The Labute approximate surface area is 77.3 Å². The molecule has 0 fully saturated rings. The molecule has 12 heavy (non-hydrogen) atoms. The first-order valence-electron chi connectivity index (χ1n) is 4.29. The molecule has 0 aliphatic carbocycles. The van der Waals surface area contributed by atoms with Crippen molar-refractivity contribution < 1.29 is 5.11 Å². The average Bonchev–Trinajstić information content (AvgIpc) is 2.48. The molecule has 1 heterocycles. The highest BCUT2D eigenvalue weighted by molar-refractivity contribution is 7.11. The van der Waals surface area contributed by atoms with Crippen molar-refractivity contribution >= 4 is 11.3 Å². The Bertz CT molecular complexity index is 232. The highest BCUT2D eigenvalue weighted by Gasteiger charge is 2.04. The third-order valence-corrected chi connectivity index (χ3v) is 3.00. The third-order valence-electron chi connectivity index (χ3n) is 1.65. The summed E-state index contributed by atoms with van der Waals surface area (Å²) in [5, 5.41) is 9.82. The van der Waals surface area contributed by atoms with E-state index in [0.29, 0.717) is 5.92 Å². The minimum atomic E-state index is 0.273. The number of nitrogens with zero attached hydrogens (tertiary/aromatic N) is 1. The highest BCUT2D eigenvalue weighted by atomic mass is 32.1. The van der Waals surface area contributed by atoms with Gasteiger partial charge in [0.15, 0.2) is 0 Å². The Morgan fingerprint density at radius 2 is 2.33 bits per heavy atom. The maximum Gasteiger partial charge on any atom is 0.0953 e. The second-order valence-electron chi connectivity index (χ2n) is 3.15. The molecule has 1 rings (SSSR count). The normalized spacial score (nSPS) is 11.0. The van der Waals surface area contributed by atoms with Crippen LogP contribution in [-0.4, -0.2) is 16.7 Å². The SMILES string of the molecule is CC(C)c1ncc(CCCO)s1. The summed E-state index contributed by atoms with van der Waals surface area (Å²) < 4.78 is 0. The minimum Gasteiger partial charge on any atom is -0.396 e. The number of hydrogen-bond donors (Lipinski definition) is 1. The molecular weight excluding hydrogens is 170 g/mol. The van der Waals surface area contributed by atoms with Gasteiger partial charge in [-0.05, 0) is 12.8 Å². The van der Waals surface area contributed by atoms with E-state index in [9.17, 15) is 0 Å². The van der Waals surface area contributed by atoms with Gasteiger partial charge >= 0.3 is 0 Å². The van der Waals surface area contributed by atoms with E-state index < -0.39 is 0 Å². The standard InChI is InChI=1S/C9H15NOS/c1-7(2)9-10-6-8(12-9)4-3-5-11/h6-7,11H,3-5H2,1-2H3. The van der Waals surface area contributed by atoms with Gasteiger partial charge in [-0.3, -0.25) is 0 Å². The molecule has 0 atom stereocenters. The van der Waals surface area contributed by atoms with Crippen molar-refractivity contribution in [3.63, 3.8) is 0 Å². The van der Waals surface area contributed by atoms with Gasteiger partial charge in [-0.2, -0.15) is 0 Å². The molecule has 1 aromatic rings. The van der Waals surface area contributed by atoms with Crippen molar-refractivity contribution in [3.05, 3.63) is 16.1 Å². The Morgan fingerprint density at radius 3 is 2.83 bits per heavy atom. The van der Waals surface area contributed by atoms with Gasteiger partial charge in [0.05, 0.1) is 5.01 Å². The fourth-order valence-electron chi connectivity index (χ4n) is 0.958. The molecule has 3 heteroatoms. The summed E-state index contributed by atoms with van der Waals surface area (Å²) in [6, 6.07) is 0. The molecule has 0 amide bonds. The molecule has 1 aromatic heterocycles. The van der Waals surface area contributed by atoms with Crippen molar-refractivity contribution in [2.45, 2.75) is 32.6 Å². The van der Waals surface area contributed by atoms with Crippen LogP contribution in [0, 0.1) is 0 Å². The molecule has 68 valence electrons. The van der Waals surface area contributed by atoms with Crippen molar-refractivity contribution in [2.75, 3.05) is 6.61 Å². The second kappa shape index (κ2) is 4.58. The second-order valence-corrected chi connectivity index (χ2v) is 4.29. The van der Waals surface area contributed by atoms with Crippen LogP contribution in [0.1, 0.15) is 36.1 Å². The molecule has 0 aliphatic rings. The predicted octanol–water partition coefficient (Wildman–Crippen LogP) is 2.19. The zero-order valence-electron chi connectivity index (χ0n) is 7.58. The van der Waals surface area contributed by atoms with Crippen LogP contribution in [0.4, 0.5) is 0 Å². The number of aryl methyl sites for hydroxylation is 1. The largest absolute Gasteiger partial charge is 0.396 e. The van der Waals surface area contributed by atoms with Crippen molar-refractivity contribution in [1.29, 1.82) is 0 Å². The molecule has 1 N–H and O–H groups in total. The Hall–Kier alpha value is -0.410. The van der Waals surface area contributed by atoms with Crippen LogP contribution in [-0.2, 0) is 6.42 Å². The summed E-state index contributed by atoms with van der Waals surface area (Å²) >= 11 is 1.76. The van der Waals surface area contributed by atoms with E-state index >= 15 is 0 Å². The fourth-order valence-corrected chi connectivity index (χ4v) is 1.92. The maximum absolute atomic E-state index is 8.63. The lowest BCUT2D eigenvalue weighted by molar-refractivity contribution is 0.289. The summed E-state index contributed by atoms with van der Waals surface area (Å²) in [5.74, 6) is 0.526. The van der Waals surface area contributed by atoms with Crippen molar-refractivity contribution in [1.82, 2.24) is 4.98 Å². The van der Waals surface area contributed by atoms with Gasteiger partial charge in [0.25, 0.3) is 0 Å². The lowest BCUT2D eigenvalue weighted by Crippen LogP contribution is -1.85. The van der Waals surface area contributed by atoms with Crippen LogP contribution in [0.15, 0.2) is 6.20 Å². The van der Waals surface area contributed by atoms with E-state index in [1.165, 1.54) is 9.88 Å². The first kappa shape index (κ1) is 9.68. The van der Waals surface area contributed by atoms with Crippen molar-refractivity contribution in [3.8, 4) is 0 Å². The van der Waals surface area contributed by atoms with E-state index in [0.717, 1.165) is 12.8 Å². The molecule has 0 saturated carbocycles. The van der Waals surface area contributed by atoms with Gasteiger partial charge in [-0.15, -0.1) is 11.3 Å². The topological polar surface area (TPSA) is 33.1 Å². The number of rotatable bonds is 4. The van der Waals surface area contributed by atoms with Crippen LogP contribution in [0.3, 0.4) is 0 Å². The van der Waals surface area contributed by atoms with Crippen LogP contribution < -0.4 is 0 Å². The lowest BCUT2D eigenvalue weighted by Gasteiger charge is -1.95. The molecule has 0 aliphatic heterocycles. The average molecular weight is 185 g/mol. The monoisotopic (exact) mass is 185 g/mol. The molecule has 0 radical (unpaired) electrons. The summed E-state index contributed by atoms with van der Waals surface area (Å²) in [6.45, 7) is 4.57. The molecule has 2 nitrogen and oxygen atoms in total. The van der Waals surface area contributed by atoms with Gasteiger partial charge in [-0.25, -0.2) is 4.98 Å². The van der Waals surface area contributed by atoms with E-state index in [1.807, 2.05) is 6.20 Å². The lowest BCUT2D eigenvalue weighted by atomic mass is 10.2. The summed E-state index contributed by atoms with van der Waals surface area (Å²) in [5.41, 5.74) is 0. The summed E-state index contributed by atoms with van der Waals surface area (Å²) in [6.07, 6.45) is 3.73. The zero-order chi connectivity index (χ0) is 8.97. The van der Waals surface area contributed by atoms with Gasteiger partial charge in [0.1, 0.15) is 0 Å². The number of thiazole rings is 1. The van der Waals surface area contributed by atoms with Crippen LogP contribution >= 0.6 is 11.3 Å². The van der Waals surface area contributed by atoms with Crippen molar-refractivity contribution in [2.24, 2.45) is 0 Å². The molecule has 0 bridgehead atoms. The number of aliphatic hydroxyl groups is 1. The predicted molar refractivity (Wildman–Crippen MR) is 51.6 cm³/mol. The Morgan fingerprint density at radius 1 is 1.58 bits per heavy atom. The van der Waals surface area contributed by atoms with Gasteiger partial charge in [-0.1, -0.05) is 13.8 Å². The number of hydrogen-bond acceptors (Lipinski definition) is 3. The first-order chi connectivity index (χ1) is 5.74. The first-order valence-corrected chi connectivity index (χ1v) is 5.11. The van der Waals surface area contributed by atoms with E-state index in [2.05, 4.69) is 18.8 Å². The minimum absolute atomic E-state index is 0.273. The van der Waals surface area contributed by atoms with Crippen LogP contribution in [0.2, 0.25) is 0 Å². The number of aliphatic hydroxyl groups excluding tert-OH is 1. The number of aromatic nitrogens is 1. The molecular formula is C9H15NOS. The quantitative estimate of drug-likeness (QED) is 0.780. The highest BCUT2D eigenvalue weighted by Crippen LogP contribution is 2.21. The van der Waals surface area contributed by atoms with E-state index in [4.69, 9.17) is 5.11 Å². The molecule has 0 aromatic carbocycles. The fraction of sp³-hybridized carbons (Fsp3) is 0.667.